The lowest BCUT2D eigenvalue weighted by Crippen LogP contribution is -1.78. The van der Waals surface area contributed by atoms with Crippen LogP contribution >= 0.6 is 11.8 Å². The third-order valence-corrected chi connectivity index (χ3v) is 3.17. The zero-order chi connectivity index (χ0) is 8.39. The SMILES string of the molecule is CSC1=CCC=C(C2CC2)C=C1. The molecule has 2 aliphatic carbocycles. The summed E-state index contributed by atoms with van der Waals surface area (Å²) in [5.74, 6) is 0.899. The molecule has 64 valence electrons. The first-order chi connectivity index (χ1) is 5.90. The summed E-state index contributed by atoms with van der Waals surface area (Å²) < 4.78 is 0. The molecule has 2 rings (SSSR count). The Hall–Kier alpha value is -0.430. The van der Waals surface area contributed by atoms with Gasteiger partial charge in [-0.1, -0.05) is 18.2 Å². The van der Waals surface area contributed by atoms with Crippen LogP contribution in [0.5, 0.6) is 0 Å². The first-order valence-electron chi connectivity index (χ1n) is 4.52. The van der Waals surface area contributed by atoms with Crippen molar-refractivity contribution in [1.29, 1.82) is 0 Å². The van der Waals surface area contributed by atoms with Gasteiger partial charge in [-0.15, -0.1) is 11.8 Å². The molecular weight excluding hydrogens is 164 g/mol. The van der Waals surface area contributed by atoms with Crippen LogP contribution in [0.3, 0.4) is 0 Å². The van der Waals surface area contributed by atoms with Gasteiger partial charge >= 0.3 is 0 Å². The van der Waals surface area contributed by atoms with Crippen molar-refractivity contribution in [2.24, 2.45) is 5.92 Å². The first kappa shape index (κ1) is 8.18. The van der Waals surface area contributed by atoms with Gasteiger partial charge in [-0.3, -0.25) is 0 Å². The van der Waals surface area contributed by atoms with Gasteiger partial charge in [0.05, 0.1) is 0 Å². The molecule has 0 saturated heterocycles. The van der Waals surface area contributed by atoms with E-state index in [1.807, 2.05) is 11.8 Å². The van der Waals surface area contributed by atoms with Crippen LogP contribution in [0.25, 0.3) is 0 Å². The molecule has 12 heavy (non-hydrogen) atoms. The number of allylic oxidation sites excluding steroid dienone is 5. The molecule has 1 heteroatoms. The highest BCUT2D eigenvalue weighted by atomic mass is 32.2. The minimum Gasteiger partial charge on any atom is -0.130 e. The fourth-order valence-electron chi connectivity index (χ4n) is 1.50. The van der Waals surface area contributed by atoms with Crippen LogP contribution in [-0.4, -0.2) is 6.26 Å². The van der Waals surface area contributed by atoms with Crippen molar-refractivity contribution in [3.05, 3.63) is 34.8 Å². The monoisotopic (exact) mass is 178 g/mol. The Bertz CT molecular complexity index is 254. The topological polar surface area (TPSA) is 0 Å². The van der Waals surface area contributed by atoms with Crippen LogP contribution in [0.4, 0.5) is 0 Å². The molecule has 0 heterocycles. The van der Waals surface area contributed by atoms with Gasteiger partial charge in [0.25, 0.3) is 0 Å². The van der Waals surface area contributed by atoms with Crippen molar-refractivity contribution in [3.63, 3.8) is 0 Å². The van der Waals surface area contributed by atoms with Gasteiger partial charge in [0.1, 0.15) is 0 Å². The summed E-state index contributed by atoms with van der Waals surface area (Å²) in [6.45, 7) is 0. The van der Waals surface area contributed by atoms with Gasteiger partial charge in [-0.2, -0.15) is 0 Å². The third-order valence-electron chi connectivity index (χ3n) is 2.40. The second-order valence-electron chi connectivity index (χ2n) is 3.36. The van der Waals surface area contributed by atoms with Crippen LogP contribution < -0.4 is 0 Å². The van der Waals surface area contributed by atoms with Crippen molar-refractivity contribution in [2.45, 2.75) is 19.3 Å². The Balaban J connectivity index is 2.07. The quantitative estimate of drug-likeness (QED) is 0.623. The molecule has 0 amide bonds. The predicted octanol–water partition coefficient (Wildman–Crippen LogP) is 3.53. The highest BCUT2D eigenvalue weighted by molar-refractivity contribution is 8.02. The maximum absolute atomic E-state index is 2.37. The Labute approximate surface area is 78.4 Å². The fraction of sp³-hybridized carbons (Fsp3) is 0.455. The van der Waals surface area contributed by atoms with E-state index >= 15 is 0 Å². The van der Waals surface area contributed by atoms with Gasteiger partial charge in [-0.25, -0.2) is 0 Å². The lowest BCUT2D eigenvalue weighted by Gasteiger charge is -1.94. The van der Waals surface area contributed by atoms with Crippen molar-refractivity contribution in [3.8, 4) is 0 Å². The predicted molar refractivity (Wildman–Crippen MR) is 56.2 cm³/mol. The molecule has 0 aromatic rings. The van der Waals surface area contributed by atoms with Crippen molar-refractivity contribution in [1.82, 2.24) is 0 Å². The zero-order valence-electron chi connectivity index (χ0n) is 7.42. The number of thioether (sulfide) groups is 1. The smallest absolute Gasteiger partial charge is 0.00324 e. The summed E-state index contributed by atoms with van der Waals surface area (Å²) in [5.41, 5.74) is 1.57. The Morgan fingerprint density at radius 3 is 2.75 bits per heavy atom. The second kappa shape index (κ2) is 3.53. The van der Waals surface area contributed by atoms with Crippen molar-refractivity contribution >= 4 is 11.8 Å². The summed E-state index contributed by atoms with van der Waals surface area (Å²) in [4.78, 5) is 1.40. The molecule has 0 spiro atoms. The minimum absolute atomic E-state index is 0.899. The molecule has 0 atom stereocenters. The molecule has 0 nitrogen and oxygen atoms in total. The van der Waals surface area contributed by atoms with Crippen molar-refractivity contribution < 1.29 is 0 Å². The molecule has 0 unspecified atom stereocenters. The van der Waals surface area contributed by atoms with Gasteiger partial charge in [0, 0.05) is 4.91 Å². The molecule has 2 aliphatic rings. The lowest BCUT2D eigenvalue weighted by molar-refractivity contribution is 1.04. The highest BCUT2D eigenvalue weighted by Crippen LogP contribution is 2.38. The fourth-order valence-corrected chi connectivity index (χ4v) is 1.96. The molecule has 0 aliphatic heterocycles. The number of hydrogen-bond acceptors (Lipinski definition) is 1. The molecule has 1 fully saturated rings. The van der Waals surface area contributed by atoms with E-state index < -0.39 is 0 Å². The van der Waals surface area contributed by atoms with Crippen molar-refractivity contribution in [2.75, 3.05) is 6.26 Å². The standard InChI is InChI=1S/C11H14S/c1-12-11-4-2-3-9(7-8-11)10-5-6-10/h3-4,7-8,10H,2,5-6H2,1H3. The summed E-state index contributed by atoms with van der Waals surface area (Å²) in [7, 11) is 0. The van der Waals surface area contributed by atoms with Gasteiger partial charge < -0.3 is 0 Å². The number of hydrogen-bond donors (Lipinski definition) is 0. The van der Waals surface area contributed by atoms with Gasteiger partial charge in [0.15, 0.2) is 0 Å². The zero-order valence-corrected chi connectivity index (χ0v) is 8.23. The van der Waals surface area contributed by atoms with Crippen LogP contribution in [-0.2, 0) is 0 Å². The summed E-state index contributed by atoms with van der Waals surface area (Å²) in [6.07, 6.45) is 15.3. The van der Waals surface area contributed by atoms with E-state index in [0.717, 1.165) is 12.3 Å². The van der Waals surface area contributed by atoms with E-state index in [-0.39, 0.29) is 0 Å². The van der Waals surface area contributed by atoms with E-state index in [1.54, 1.807) is 5.57 Å². The lowest BCUT2D eigenvalue weighted by atomic mass is 10.1. The van der Waals surface area contributed by atoms with Gasteiger partial charge in [-0.05, 0) is 43.1 Å². The maximum atomic E-state index is 2.37. The number of rotatable bonds is 2. The van der Waals surface area contributed by atoms with E-state index in [1.165, 1.54) is 17.7 Å². The molecule has 0 N–H and O–H groups in total. The average Bonchev–Trinajstić information content (AvgIpc) is 2.91. The van der Waals surface area contributed by atoms with Crippen LogP contribution in [0.2, 0.25) is 0 Å². The molecular formula is C11H14S. The van der Waals surface area contributed by atoms with E-state index in [0.29, 0.717) is 0 Å². The van der Waals surface area contributed by atoms with Crippen LogP contribution in [0.15, 0.2) is 34.8 Å². The van der Waals surface area contributed by atoms with E-state index in [2.05, 4.69) is 30.6 Å². The Morgan fingerprint density at radius 1 is 1.25 bits per heavy atom. The van der Waals surface area contributed by atoms with Crippen LogP contribution in [0, 0.1) is 5.92 Å². The Kier molecular flexibility index (Phi) is 2.40. The Morgan fingerprint density at radius 2 is 2.08 bits per heavy atom. The normalized spacial score (nSPS) is 23.1. The second-order valence-corrected chi connectivity index (χ2v) is 4.24. The largest absolute Gasteiger partial charge is 0.130 e. The average molecular weight is 178 g/mol. The summed E-state index contributed by atoms with van der Waals surface area (Å²) >= 11 is 1.83. The highest BCUT2D eigenvalue weighted by Gasteiger charge is 2.24. The van der Waals surface area contributed by atoms with E-state index in [9.17, 15) is 0 Å². The third kappa shape index (κ3) is 1.84. The van der Waals surface area contributed by atoms with E-state index in [4.69, 9.17) is 0 Å². The summed E-state index contributed by atoms with van der Waals surface area (Å²) in [5, 5.41) is 0. The molecule has 0 aromatic carbocycles. The molecule has 0 aromatic heterocycles. The molecule has 0 bridgehead atoms. The molecule has 1 saturated carbocycles. The molecule has 0 radical (unpaired) electrons. The van der Waals surface area contributed by atoms with Crippen LogP contribution in [0.1, 0.15) is 19.3 Å². The maximum Gasteiger partial charge on any atom is 0.00324 e. The minimum atomic E-state index is 0.899. The summed E-state index contributed by atoms with van der Waals surface area (Å²) in [6, 6.07) is 0. The first-order valence-corrected chi connectivity index (χ1v) is 5.75. The van der Waals surface area contributed by atoms with Gasteiger partial charge in [0.2, 0.25) is 0 Å².